The SMILES string of the molecule is CCC(C)C(CC)NC[O]. The van der Waals surface area contributed by atoms with Crippen LogP contribution in [-0.2, 0) is 5.11 Å². The molecule has 2 heteroatoms. The molecule has 2 nitrogen and oxygen atoms in total. The van der Waals surface area contributed by atoms with Crippen LogP contribution in [0.25, 0.3) is 0 Å². The molecule has 0 bridgehead atoms. The number of hydrogen-bond acceptors (Lipinski definition) is 1. The van der Waals surface area contributed by atoms with Gasteiger partial charge in [-0.05, 0) is 12.3 Å². The van der Waals surface area contributed by atoms with E-state index in [1.54, 1.807) is 0 Å². The highest BCUT2D eigenvalue weighted by Crippen LogP contribution is 2.09. The normalized spacial score (nSPS) is 16.8. The molecule has 0 aliphatic rings. The Labute approximate surface area is 63.6 Å². The van der Waals surface area contributed by atoms with Crippen molar-refractivity contribution in [2.45, 2.75) is 39.7 Å². The summed E-state index contributed by atoms with van der Waals surface area (Å²) < 4.78 is 0. The van der Waals surface area contributed by atoms with Crippen molar-refractivity contribution in [3.8, 4) is 0 Å². The summed E-state index contributed by atoms with van der Waals surface area (Å²) in [6.45, 7) is 6.29. The third kappa shape index (κ3) is 3.18. The fourth-order valence-corrected chi connectivity index (χ4v) is 1.14. The second kappa shape index (κ2) is 5.69. The first kappa shape index (κ1) is 9.92. The molecule has 0 aliphatic heterocycles. The van der Waals surface area contributed by atoms with Crippen molar-refractivity contribution >= 4 is 0 Å². The molecule has 2 unspecified atom stereocenters. The van der Waals surface area contributed by atoms with E-state index >= 15 is 0 Å². The van der Waals surface area contributed by atoms with Crippen LogP contribution in [0.1, 0.15) is 33.6 Å². The minimum Gasteiger partial charge on any atom is -0.289 e. The lowest BCUT2D eigenvalue weighted by Crippen LogP contribution is -2.34. The number of nitrogens with one attached hydrogen (secondary N) is 1. The van der Waals surface area contributed by atoms with Crippen LogP contribution in [0.2, 0.25) is 0 Å². The monoisotopic (exact) mass is 144 g/mol. The fraction of sp³-hybridized carbons (Fsp3) is 1.00. The molecule has 0 saturated carbocycles. The standard InChI is InChI=1S/C8H18NO/c1-4-7(3)8(5-2)9-6-10/h7-9H,4-6H2,1-3H3. The topological polar surface area (TPSA) is 31.9 Å². The quantitative estimate of drug-likeness (QED) is 0.586. The summed E-state index contributed by atoms with van der Waals surface area (Å²) in [7, 11) is 0. The smallest absolute Gasteiger partial charge is 0.133 e. The van der Waals surface area contributed by atoms with Crippen LogP contribution in [0, 0.1) is 5.92 Å². The van der Waals surface area contributed by atoms with E-state index in [1.807, 2.05) is 0 Å². The first-order chi connectivity index (χ1) is 4.76. The molecule has 0 spiro atoms. The van der Waals surface area contributed by atoms with Crippen molar-refractivity contribution in [2.24, 2.45) is 5.92 Å². The van der Waals surface area contributed by atoms with E-state index in [1.165, 1.54) is 0 Å². The van der Waals surface area contributed by atoms with Gasteiger partial charge in [-0.15, -0.1) is 0 Å². The molecule has 10 heavy (non-hydrogen) atoms. The Bertz CT molecular complexity index is 75.7. The van der Waals surface area contributed by atoms with Crippen LogP contribution >= 0.6 is 0 Å². The average Bonchev–Trinajstić information content (AvgIpc) is 1.99. The molecule has 1 radical (unpaired) electrons. The van der Waals surface area contributed by atoms with E-state index in [-0.39, 0.29) is 6.73 Å². The third-order valence-corrected chi connectivity index (χ3v) is 2.12. The summed E-state index contributed by atoms with van der Waals surface area (Å²) >= 11 is 0. The zero-order valence-electron chi connectivity index (χ0n) is 7.18. The molecule has 0 aromatic carbocycles. The van der Waals surface area contributed by atoms with Gasteiger partial charge in [0, 0.05) is 6.04 Å². The van der Waals surface area contributed by atoms with Gasteiger partial charge in [-0.1, -0.05) is 27.2 Å². The summed E-state index contributed by atoms with van der Waals surface area (Å²) in [5.74, 6) is 0.624. The van der Waals surface area contributed by atoms with Crippen LogP contribution in [0.3, 0.4) is 0 Å². The van der Waals surface area contributed by atoms with E-state index in [9.17, 15) is 5.11 Å². The molecular weight excluding hydrogens is 126 g/mol. The highest BCUT2D eigenvalue weighted by atomic mass is 16.3. The number of hydrogen-bond donors (Lipinski definition) is 1. The zero-order valence-corrected chi connectivity index (χ0v) is 7.18. The summed E-state index contributed by atoms with van der Waals surface area (Å²) in [6.07, 6.45) is 2.20. The highest BCUT2D eigenvalue weighted by Gasteiger charge is 2.11. The fourth-order valence-electron chi connectivity index (χ4n) is 1.14. The van der Waals surface area contributed by atoms with E-state index < -0.39 is 0 Å². The molecule has 0 saturated heterocycles. The maximum absolute atomic E-state index is 10.2. The Morgan fingerprint density at radius 1 is 1.30 bits per heavy atom. The van der Waals surface area contributed by atoms with Gasteiger partial charge >= 0.3 is 0 Å². The molecular formula is C8H18NO. The minimum atomic E-state index is -0.150. The molecule has 0 aliphatic carbocycles. The Balaban J connectivity index is 3.56. The van der Waals surface area contributed by atoms with Crippen LogP contribution in [0.5, 0.6) is 0 Å². The van der Waals surface area contributed by atoms with Crippen LogP contribution in [0.15, 0.2) is 0 Å². The van der Waals surface area contributed by atoms with Crippen molar-refractivity contribution in [2.75, 3.05) is 6.73 Å². The molecule has 0 amide bonds. The Kier molecular flexibility index (Phi) is 5.64. The van der Waals surface area contributed by atoms with E-state index in [0.717, 1.165) is 12.8 Å². The first-order valence-corrected chi connectivity index (χ1v) is 4.07. The van der Waals surface area contributed by atoms with Gasteiger partial charge in [0.25, 0.3) is 0 Å². The number of rotatable bonds is 5. The summed E-state index contributed by atoms with van der Waals surface area (Å²) in [5.41, 5.74) is 0. The van der Waals surface area contributed by atoms with Crippen molar-refractivity contribution in [1.82, 2.24) is 5.32 Å². The zero-order chi connectivity index (χ0) is 7.98. The van der Waals surface area contributed by atoms with E-state index in [0.29, 0.717) is 12.0 Å². The van der Waals surface area contributed by atoms with Crippen molar-refractivity contribution in [1.29, 1.82) is 0 Å². The third-order valence-electron chi connectivity index (χ3n) is 2.12. The minimum absolute atomic E-state index is 0.150. The van der Waals surface area contributed by atoms with Crippen LogP contribution in [0.4, 0.5) is 0 Å². The van der Waals surface area contributed by atoms with Gasteiger partial charge in [0.1, 0.15) is 6.73 Å². The second-order valence-corrected chi connectivity index (χ2v) is 2.75. The predicted octanol–water partition coefficient (Wildman–Crippen LogP) is 1.79. The molecule has 0 aromatic heterocycles. The molecule has 0 fully saturated rings. The average molecular weight is 144 g/mol. The Morgan fingerprint density at radius 3 is 2.20 bits per heavy atom. The van der Waals surface area contributed by atoms with Gasteiger partial charge in [-0.3, -0.25) is 5.32 Å². The summed E-state index contributed by atoms with van der Waals surface area (Å²) in [5, 5.41) is 13.1. The van der Waals surface area contributed by atoms with Crippen molar-refractivity contribution in [3.05, 3.63) is 0 Å². The Morgan fingerprint density at radius 2 is 1.90 bits per heavy atom. The molecule has 61 valence electrons. The molecule has 0 aromatic rings. The largest absolute Gasteiger partial charge is 0.289 e. The van der Waals surface area contributed by atoms with Gasteiger partial charge < -0.3 is 0 Å². The second-order valence-electron chi connectivity index (χ2n) is 2.75. The van der Waals surface area contributed by atoms with Crippen molar-refractivity contribution in [3.63, 3.8) is 0 Å². The highest BCUT2D eigenvalue weighted by molar-refractivity contribution is 4.68. The molecule has 0 rings (SSSR count). The maximum Gasteiger partial charge on any atom is 0.133 e. The van der Waals surface area contributed by atoms with E-state index in [4.69, 9.17) is 0 Å². The van der Waals surface area contributed by atoms with Crippen LogP contribution in [-0.4, -0.2) is 12.8 Å². The Hall–Kier alpha value is -0.0800. The summed E-state index contributed by atoms with van der Waals surface area (Å²) in [6, 6.07) is 0.419. The lowest BCUT2D eigenvalue weighted by molar-refractivity contribution is 0.142. The molecule has 1 N–H and O–H groups in total. The van der Waals surface area contributed by atoms with Gasteiger partial charge in [0.2, 0.25) is 0 Å². The van der Waals surface area contributed by atoms with Gasteiger partial charge in [0.05, 0.1) is 0 Å². The first-order valence-electron chi connectivity index (χ1n) is 4.07. The molecule has 0 heterocycles. The lowest BCUT2D eigenvalue weighted by atomic mass is 9.97. The molecule has 2 atom stereocenters. The predicted molar refractivity (Wildman–Crippen MR) is 42.2 cm³/mol. The van der Waals surface area contributed by atoms with Gasteiger partial charge in [0.15, 0.2) is 0 Å². The van der Waals surface area contributed by atoms with E-state index in [2.05, 4.69) is 26.1 Å². The van der Waals surface area contributed by atoms with Crippen LogP contribution < -0.4 is 5.32 Å². The lowest BCUT2D eigenvalue weighted by Gasteiger charge is -2.20. The summed E-state index contributed by atoms with van der Waals surface area (Å²) in [4.78, 5) is 0. The van der Waals surface area contributed by atoms with Gasteiger partial charge in [-0.2, -0.15) is 0 Å². The van der Waals surface area contributed by atoms with Crippen molar-refractivity contribution < 1.29 is 5.11 Å². The van der Waals surface area contributed by atoms with Gasteiger partial charge in [-0.25, -0.2) is 5.11 Å². The maximum atomic E-state index is 10.2.